The molecule has 0 bridgehead atoms. The van der Waals surface area contributed by atoms with Crippen molar-refractivity contribution in [1.82, 2.24) is 0 Å². The smallest absolute Gasteiger partial charge is 0.130 e. The van der Waals surface area contributed by atoms with E-state index < -0.39 is 5.41 Å². The van der Waals surface area contributed by atoms with Crippen molar-refractivity contribution < 1.29 is 4.79 Å². The van der Waals surface area contributed by atoms with Crippen molar-refractivity contribution in [3.05, 3.63) is 35.4 Å². The van der Waals surface area contributed by atoms with Gasteiger partial charge in [-0.2, -0.15) is 5.26 Å². The number of benzene rings is 1. The van der Waals surface area contributed by atoms with Crippen LogP contribution in [0.4, 0.5) is 0 Å². The lowest BCUT2D eigenvalue weighted by Gasteiger charge is -2.28. The first-order valence-corrected chi connectivity index (χ1v) is 6.19. The second kappa shape index (κ2) is 6.20. The molecule has 0 saturated carbocycles. The second-order valence-electron chi connectivity index (χ2n) is 4.47. The van der Waals surface area contributed by atoms with Crippen molar-refractivity contribution >= 4 is 6.29 Å². The zero-order valence-corrected chi connectivity index (χ0v) is 10.6. The van der Waals surface area contributed by atoms with Crippen LogP contribution < -0.4 is 0 Å². The topological polar surface area (TPSA) is 40.9 Å². The third kappa shape index (κ3) is 2.94. The summed E-state index contributed by atoms with van der Waals surface area (Å²) in [6.07, 6.45) is 4.69. The fraction of sp³-hybridized carbons (Fsp3) is 0.467. The Bertz CT molecular complexity index is 411. The lowest BCUT2D eigenvalue weighted by Crippen LogP contribution is -2.27. The molecule has 1 aromatic rings. The maximum absolute atomic E-state index is 11.5. The van der Waals surface area contributed by atoms with E-state index in [1.165, 1.54) is 0 Å². The van der Waals surface area contributed by atoms with E-state index in [9.17, 15) is 4.79 Å². The fourth-order valence-electron chi connectivity index (χ4n) is 2.39. The van der Waals surface area contributed by atoms with Crippen molar-refractivity contribution in [2.75, 3.05) is 0 Å². The Morgan fingerprint density at radius 2 is 1.94 bits per heavy atom. The number of rotatable bonds is 6. The molecule has 0 spiro atoms. The number of carbonyl (C=O) groups excluding carboxylic acids is 1. The van der Waals surface area contributed by atoms with Gasteiger partial charge in [-0.1, -0.05) is 38.8 Å². The van der Waals surface area contributed by atoms with Crippen LogP contribution in [-0.2, 0) is 10.2 Å². The quantitative estimate of drug-likeness (QED) is 0.699. The summed E-state index contributed by atoms with van der Waals surface area (Å²) in [6.45, 7) is 4.17. The molecule has 0 atom stereocenters. The molecule has 1 rings (SSSR count). The van der Waals surface area contributed by atoms with Crippen LogP contribution >= 0.6 is 0 Å². The van der Waals surface area contributed by atoms with E-state index in [0.29, 0.717) is 5.56 Å². The number of hydrogen-bond acceptors (Lipinski definition) is 2. The Balaban J connectivity index is 3.19. The van der Waals surface area contributed by atoms with E-state index in [0.717, 1.165) is 37.5 Å². The number of nitrogens with zero attached hydrogens (tertiary/aromatic N) is 1. The normalized spacial score (nSPS) is 10.9. The first-order chi connectivity index (χ1) is 8.22. The van der Waals surface area contributed by atoms with Gasteiger partial charge in [-0.3, -0.25) is 0 Å². The predicted molar refractivity (Wildman–Crippen MR) is 68.7 cm³/mol. The van der Waals surface area contributed by atoms with Crippen LogP contribution in [0.2, 0.25) is 0 Å². The molecule has 0 unspecified atom stereocenters. The lowest BCUT2D eigenvalue weighted by atomic mass is 9.74. The Kier molecular flexibility index (Phi) is 4.90. The maximum atomic E-state index is 11.5. The van der Waals surface area contributed by atoms with Gasteiger partial charge in [0.05, 0.1) is 17.0 Å². The van der Waals surface area contributed by atoms with Gasteiger partial charge in [-0.15, -0.1) is 0 Å². The highest BCUT2D eigenvalue weighted by Crippen LogP contribution is 2.32. The molecule has 0 amide bonds. The summed E-state index contributed by atoms with van der Waals surface area (Å²) >= 11 is 0. The van der Waals surface area contributed by atoms with Crippen molar-refractivity contribution in [3.63, 3.8) is 0 Å². The summed E-state index contributed by atoms with van der Waals surface area (Å²) < 4.78 is 0. The molecule has 0 N–H and O–H groups in total. The van der Waals surface area contributed by atoms with E-state index >= 15 is 0 Å². The monoisotopic (exact) mass is 229 g/mol. The Labute approximate surface area is 103 Å². The third-order valence-corrected chi connectivity index (χ3v) is 3.18. The summed E-state index contributed by atoms with van der Waals surface area (Å²) in [5.41, 5.74) is 1.20. The van der Waals surface area contributed by atoms with Crippen molar-refractivity contribution in [2.24, 2.45) is 0 Å². The molecule has 0 fully saturated rings. The molecular formula is C15H19NO. The third-order valence-electron chi connectivity index (χ3n) is 3.18. The molecule has 90 valence electrons. The SMILES string of the molecule is CCCC(C=O)(CCC)c1cccc(C#N)c1. The van der Waals surface area contributed by atoms with Gasteiger partial charge in [0, 0.05) is 0 Å². The van der Waals surface area contributed by atoms with Gasteiger partial charge in [0.1, 0.15) is 6.29 Å². The summed E-state index contributed by atoms with van der Waals surface area (Å²) in [4.78, 5) is 11.5. The number of hydrogen-bond donors (Lipinski definition) is 0. The average Bonchev–Trinajstić information content (AvgIpc) is 2.38. The number of nitriles is 1. The van der Waals surface area contributed by atoms with Crippen molar-refractivity contribution in [3.8, 4) is 6.07 Å². The van der Waals surface area contributed by atoms with Gasteiger partial charge in [0.15, 0.2) is 0 Å². The minimum absolute atomic E-state index is 0.406. The van der Waals surface area contributed by atoms with Crippen molar-refractivity contribution in [1.29, 1.82) is 5.26 Å². The van der Waals surface area contributed by atoms with Crippen LogP contribution in [0.5, 0.6) is 0 Å². The largest absolute Gasteiger partial charge is 0.302 e. The van der Waals surface area contributed by atoms with Crippen LogP contribution in [0, 0.1) is 11.3 Å². The van der Waals surface area contributed by atoms with Gasteiger partial charge in [0.2, 0.25) is 0 Å². The van der Waals surface area contributed by atoms with Crippen LogP contribution in [0.1, 0.15) is 50.7 Å². The molecular weight excluding hydrogens is 210 g/mol. The van der Waals surface area contributed by atoms with E-state index in [1.54, 1.807) is 6.07 Å². The summed E-state index contributed by atoms with van der Waals surface area (Å²) in [6, 6.07) is 9.57. The molecule has 0 aliphatic rings. The highest BCUT2D eigenvalue weighted by molar-refractivity contribution is 5.69. The highest BCUT2D eigenvalue weighted by Gasteiger charge is 2.30. The Hall–Kier alpha value is -1.62. The van der Waals surface area contributed by atoms with Gasteiger partial charge in [-0.05, 0) is 30.5 Å². The zero-order valence-electron chi connectivity index (χ0n) is 10.6. The Morgan fingerprint density at radius 1 is 1.29 bits per heavy atom. The fourth-order valence-corrected chi connectivity index (χ4v) is 2.39. The molecule has 0 aliphatic carbocycles. The van der Waals surface area contributed by atoms with E-state index in [1.807, 2.05) is 18.2 Å². The van der Waals surface area contributed by atoms with Gasteiger partial charge >= 0.3 is 0 Å². The minimum Gasteiger partial charge on any atom is -0.302 e. The van der Waals surface area contributed by atoms with Crippen LogP contribution in [0.3, 0.4) is 0 Å². The predicted octanol–water partition coefficient (Wildman–Crippen LogP) is 3.60. The molecule has 0 aromatic heterocycles. The molecule has 0 heterocycles. The molecule has 2 heteroatoms. The molecule has 0 saturated heterocycles. The average molecular weight is 229 g/mol. The molecule has 0 radical (unpaired) electrons. The second-order valence-corrected chi connectivity index (χ2v) is 4.47. The van der Waals surface area contributed by atoms with Gasteiger partial charge in [0.25, 0.3) is 0 Å². The van der Waals surface area contributed by atoms with Crippen molar-refractivity contribution in [2.45, 2.75) is 44.9 Å². The molecule has 1 aromatic carbocycles. The van der Waals surface area contributed by atoms with E-state index in [4.69, 9.17) is 5.26 Å². The van der Waals surface area contributed by atoms with Gasteiger partial charge < -0.3 is 4.79 Å². The summed E-state index contributed by atoms with van der Waals surface area (Å²) in [5, 5.41) is 8.92. The lowest BCUT2D eigenvalue weighted by molar-refractivity contribution is -0.113. The zero-order chi connectivity index (χ0) is 12.7. The van der Waals surface area contributed by atoms with Crippen LogP contribution in [0.25, 0.3) is 0 Å². The Morgan fingerprint density at radius 3 is 2.41 bits per heavy atom. The first-order valence-electron chi connectivity index (χ1n) is 6.19. The van der Waals surface area contributed by atoms with E-state index in [2.05, 4.69) is 19.9 Å². The minimum atomic E-state index is -0.406. The summed E-state index contributed by atoms with van der Waals surface area (Å²) in [7, 11) is 0. The number of aldehydes is 1. The summed E-state index contributed by atoms with van der Waals surface area (Å²) in [5.74, 6) is 0. The molecule has 17 heavy (non-hydrogen) atoms. The van der Waals surface area contributed by atoms with Gasteiger partial charge in [-0.25, -0.2) is 0 Å². The number of carbonyl (C=O) groups is 1. The standard InChI is InChI=1S/C15H19NO/c1-3-8-15(12-17,9-4-2)14-7-5-6-13(10-14)11-16/h5-7,10,12H,3-4,8-9H2,1-2H3. The van der Waals surface area contributed by atoms with E-state index in [-0.39, 0.29) is 0 Å². The maximum Gasteiger partial charge on any atom is 0.130 e. The highest BCUT2D eigenvalue weighted by atomic mass is 16.1. The first kappa shape index (κ1) is 13.4. The van der Waals surface area contributed by atoms with Crippen LogP contribution in [0.15, 0.2) is 24.3 Å². The molecule has 0 aliphatic heterocycles. The van der Waals surface area contributed by atoms with Crippen LogP contribution in [-0.4, -0.2) is 6.29 Å². The molecule has 2 nitrogen and oxygen atoms in total.